The van der Waals surface area contributed by atoms with Gasteiger partial charge in [-0.3, -0.25) is 0 Å². The first kappa shape index (κ1) is 14.2. The molecule has 3 nitrogen and oxygen atoms in total. The molecule has 1 heterocycles. The molecule has 3 rings (SSSR count). The fraction of sp³-hybridized carbons (Fsp3) is 0.176. The quantitative estimate of drug-likeness (QED) is 0.756. The standard InChI is InChI=1S/C17H16BrNO2/c1-10-3-5-15(20-2)13(7-10)17(19)16-9-11-8-12(18)4-6-14(11)21-16/h3-9,17H,19H2,1-2H3. The van der Waals surface area contributed by atoms with Gasteiger partial charge in [0.15, 0.2) is 0 Å². The minimum atomic E-state index is -0.356. The Kier molecular flexibility index (Phi) is 3.74. The molecule has 4 heteroatoms. The topological polar surface area (TPSA) is 48.4 Å². The molecule has 0 aliphatic heterocycles. The third-order valence-corrected chi connectivity index (χ3v) is 4.02. The van der Waals surface area contributed by atoms with Gasteiger partial charge in [-0.15, -0.1) is 0 Å². The molecule has 0 radical (unpaired) electrons. The van der Waals surface area contributed by atoms with Crippen LogP contribution in [0.4, 0.5) is 0 Å². The Labute approximate surface area is 131 Å². The fourth-order valence-corrected chi connectivity index (χ4v) is 2.82. The van der Waals surface area contributed by atoms with E-state index >= 15 is 0 Å². The van der Waals surface area contributed by atoms with Crippen LogP contribution < -0.4 is 10.5 Å². The molecule has 108 valence electrons. The molecule has 2 N–H and O–H groups in total. The Hall–Kier alpha value is -1.78. The van der Waals surface area contributed by atoms with E-state index in [9.17, 15) is 0 Å². The van der Waals surface area contributed by atoms with E-state index in [-0.39, 0.29) is 6.04 Å². The summed E-state index contributed by atoms with van der Waals surface area (Å²) in [4.78, 5) is 0. The van der Waals surface area contributed by atoms with Gasteiger partial charge in [0.05, 0.1) is 13.2 Å². The largest absolute Gasteiger partial charge is 0.496 e. The van der Waals surface area contributed by atoms with Gasteiger partial charge in [0.25, 0.3) is 0 Å². The zero-order valence-corrected chi connectivity index (χ0v) is 13.5. The summed E-state index contributed by atoms with van der Waals surface area (Å²) >= 11 is 3.46. The van der Waals surface area contributed by atoms with Crippen LogP contribution in [0.3, 0.4) is 0 Å². The summed E-state index contributed by atoms with van der Waals surface area (Å²) in [6, 6.07) is 13.5. The van der Waals surface area contributed by atoms with Crippen molar-refractivity contribution in [3.8, 4) is 5.75 Å². The number of fused-ring (bicyclic) bond motifs is 1. The molecule has 0 aliphatic rings. The SMILES string of the molecule is COc1ccc(C)cc1C(N)c1cc2cc(Br)ccc2o1. The predicted molar refractivity (Wildman–Crippen MR) is 87.7 cm³/mol. The van der Waals surface area contributed by atoms with Crippen LogP contribution in [-0.4, -0.2) is 7.11 Å². The maximum Gasteiger partial charge on any atom is 0.134 e. The maximum atomic E-state index is 6.38. The van der Waals surface area contributed by atoms with E-state index < -0.39 is 0 Å². The van der Waals surface area contributed by atoms with Gasteiger partial charge in [-0.05, 0) is 37.3 Å². The van der Waals surface area contributed by atoms with Gasteiger partial charge < -0.3 is 14.9 Å². The van der Waals surface area contributed by atoms with Crippen molar-refractivity contribution in [1.82, 2.24) is 0 Å². The summed E-state index contributed by atoms with van der Waals surface area (Å²) in [5.41, 5.74) is 9.27. The van der Waals surface area contributed by atoms with Crippen molar-refractivity contribution in [2.45, 2.75) is 13.0 Å². The average Bonchev–Trinajstić information content (AvgIpc) is 2.89. The molecule has 0 bridgehead atoms. The molecule has 0 amide bonds. The van der Waals surface area contributed by atoms with E-state index in [2.05, 4.69) is 15.9 Å². The molecule has 2 aromatic carbocycles. The molecule has 0 aliphatic carbocycles. The highest BCUT2D eigenvalue weighted by molar-refractivity contribution is 9.10. The number of ether oxygens (including phenoxy) is 1. The van der Waals surface area contributed by atoms with Crippen LogP contribution in [0.5, 0.6) is 5.75 Å². The highest BCUT2D eigenvalue weighted by Crippen LogP contribution is 2.33. The third-order valence-electron chi connectivity index (χ3n) is 3.52. The lowest BCUT2D eigenvalue weighted by Gasteiger charge is -2.14. The number of benzene rings is 2. The first-order valence-electron chi connectivity index (χ1n) is 6.67. The van der Waals surface area contributed by atoms with Gasteiger partial charge in [0, 0.05) is 15.4 Å². The lowest BCUT2D eigenvalue weighted by molar-refractivity contribution is 0.404. The molecule has 21 heavy (non-hydrogen) atoms. The van der Waals surface area contributed by atoms with Crippen LogP contribution in [0.2, 0.25) is 0 Å². The molecule has 1 unspecified atom stereocenters. The van der Waals surface area contributed by atoms with E-state index in [4.69, 9.17) is 14.9 Å². The van der Waals surface area contributed by atoms with E-state index in [1.54, 1.807) is 7.11 Å². The van der Waals surface area contributed by atoms with E-state index in [0.29, 0.717) is 0 Å². The summed E-state index contributed by atoms with van der Waals surface area (Å²) in [5.74, 6) is 1.50. The Morgan fingerprint density at radius 1 is 1.14 bits per heavy atom. The monoisotopic (exact) mass is 345 g/mol. The second-order valence-corrected chi connectivity index (χ2v) is 5.97. The van der Waals surface area contributed by atoms with Gasteiger partial charge >= 0.3 is 0 Å². The number of furan rings is 1. The lowest BCUT2D eigenvalue weighted by Crippen LogP contribution is -2.12. The normalized spacial score (nSPS) is 12.6. The van der Waals surface area contributed by atoms with Crippen molar-refractivity contribution < 1.29 is 9.15 Å². The van der Waals surface area contributed by atoms with Gasteiger partial charge in [0.1, 0.15) is 17.1 Å². The van der Waals surface area contributed by atoms with Crippen molar-refractivity contribution in [2.75, 3.05) is 7.11 Å². The Balaban J connectivity index is 2.07. The first-order chi connectivity index (χ1) is 10.1. The smallest absolute Gasteiger partial charge is 0.134 e. The van der Waals surface area contributed by atoms with Crippen LogP contribution in [0.25, 0.3) is 11.0 Å². The van der Waals surface area contributed by atoms with Gasteiger partial charge in [-0.1, -0.05) is 33.6 Å². The molecule has 0 saturated heterocycles. The average molecular weight is 346 g/mol. The second kappa shape index (κ2) is 5.54. The van der Waals surface area contributed by atoms with Crippen molar-refractivity contribution in [3.05, 3.63) is 63.8 Å². The van der Waals surface area contributed by atoms with E-state index in [1.165, 1.54) is 0 Å². The summed E-state index contributed by atoms with van der Waals surface area (Å²) in [7, 11) is 1.65. The molecule has 0 fully saturated rings. The zero-order chi connectivity index (χ0) is 15.0. The van der Waals surface area contributed by atoms with Gasteiger partial charge in [0.2, 0.25) is 0 Å². The number of hydrogen-bond donors (Lipinski definition) is 1. The van der Waals surface area contributed by atoms with Crippen LogP contribution in [0.15, 0.2) is 51.4 Å². The Morgan fingerprint density at radius 2 is 1.95 bits per heavy atom. The highest BCUT2D eigenvalue weighted by Gasteiger charge is 2.18. The third kappa shape index (κ3) is 2.69. The number of rotatable bonds is 3. The van der Waals surface area contributed by atoms with Crippen molar-refractivity contribution >= 4 is 26.9 Å². The van der Waals surface area contributed by atoms with E-state index in [0.717, 1.165) is 38.1 Å². The van der Waals surface area contributed by atoms with Crippen molar-refractivity contribution in [2.24, 2.45) is 5.73 Å². The van der Waals surface area contributed by atoms with Crippen LogP contribution in [0, 0.1) is 6.92 Å². The predicted octanol–water partition coefficient (Wildman–Crippen LogP) is 4.56. The zero-order valence-electron chi connectivity index (χ0n) is 11.9. The summed E-state index contributed by atoms with van der Waals surface area (Å²) in [6.45, 7) is 2.03. The van der Waals surface area contributed by atoms with Crippen LogP contribution in [-0.2, 0) is 0 Å². The lowest BCUT2D eigenvalue weighted by atomic mass is 10.0. The van der Waals surface area contributed by atoms with Crippen molar-refractivity contribution in [1.29, 1.82) is 0 Å². The van der Waals surface area contributed by atoms with Crippen LogP contribution >= 0.6 is 15.9 Å². The van der Waals surface area contributed by atoms with Gasteiger partial charge in [-0.25, -0.2) is 0 Å². The Morgan fingerprint density at radius 3 is 2.71 bits per heavy atom. The molecular weight excluding hydrogens is 330 g/mol. The molecule has 3 aromatic rings. The maximum absolute atomic E-state index is 6.38. The molecule has 0 spiro atoms. The Bertz CT molecular complexity index is 795. The summed E-state index contributed by atoms with van der Waals surface area (Å²) < 4.78 is 12.3. The molecule has 1 aromatic heterocycles. The summed E-state index contributed by atoms with van der Waals surface area (Å²) in [5, 5.41) is 1.03. The highest BCUT2D eigenvalue weighted by atomic mass is 79.9. The number of methoxy groups -OCH3 is 1. The summed E-state index contributed by atoms with van der Waals surface area (Å²) in [6.07, 6.45) is 0. The minimum absolute atomic E-state index is 0.356. The van der Waals surface area contributed by atoms with Gasteiger partial charge in [-0.2, -0.15) is 0 Å². The number of nitrogens with two attached hydrogens (primary N) is 1. The second-order valence-electron chi connectivity index (χ2n) is 5.05. The number of hydrogen-bond acceptors (Lipinski definition) is 3. The first-order valence-corrected chi connectivity index (χ1v) is 7.47. The fourth-order valence-electron chi connectivity index (χ4n) is 2.44. The van der Waals surface area contributed by atoms with Crippen molar-refractivity contribution in [3.63, 3.8) is 0 Å². The molecular formula is C17H16BrNO2. The molecule has 1 atom stereocenters. The minimum Gasteiger partial charge on any atom is -0.496 e. The molecule has 0 saturated carbocycles. The number of halogens is 1. The number of aryl methyl sites for hydroxylation is 1. The van der Waals surface area contributed by atoms with Crippen LogP contribution in [0.1, 0.15) is 22.9 Å². The van der Waals surface area contributed by atoms with E-state index in [1.807, 2.05) is 49.4 Å².